The first-order valence-electron chi connectivity index (χ1n) is 10.5. The van der Waals surface area contributed by atoms with Gasteiger partial charge in [-0.3, -0.25) is 9.59 Å². The molecule has 0 saturated heterocycles. The smallest absolute Gasteiger partial charge is 0.220 e. The number of rotatable bonds is 11. The van der Waals surface area contributed by atoms with Crippen LogP contribution in [0.1, 0.15) is 41.7 Å². The highest BCUT2D eigenvalue weighted by Crippen LogP contribution is 2.32. The fourth-order valence-corrected chi connectivity index (χ4v) is 3.29. The van der Waals surface area contributed by atoms with E-state index in [4.69, 9.17) is 23.7 Å². The third kappa shape index (κ3) is 6.13. The molecule has 1 aliphatic heterocycles. The number of methoxy groups -OCH3 is 2. The fourth-order valence-electron chi connectivity index (χ4n) is 3.29. The van der Waals surface area contributed by atoms with Crippen molar-refractivity contribution in [2.75, 3.05) is 40.6 Å². The van der Waals surface area contributed by atoms with Crippen LogP contribution in [0.25, 0.3) is 0 Å². The molecule has 8 heteroatoms. The summed E-state index contributed by atoms with van der Waals surface area (Å²) >= 11 is 0. The lowest BCUT2D eigenvalue weighted by Crippen LogP contribution is -2.27. The molecule has 0 aromatic heterocycles. The minimum atomic E-state index is -0.256. The third-order valence-corrected chi connectivity index (χ3v) is 5.05. The topological polar surface area (TPSA) is 92.3 Å². The van der Waals surface area contributed by atoms with Crippen LogP contribution in [-0.4, -0.2) is 52.3 Å². The molecule has 3 rings (SSSR count). The number of hydrogen-bond donors (Lipinski definition) is 1. The predicted molar refractivity (Wildman–Crippen MR) is 118 cm³/mol. The van der Waals surface area contributed by atoms with Gasteiger partial charge in [0.2, 0.25) is 5.91 Å². The number of Topliss-reactive ketones (excluding diaryl/α,β-unsaturated/α-hetero) is 1. The minimum absolute atomic E-state index is 0.0902. The summed E-state index contributed by atoms with van der Waals surface area (Å²) in [5.41, 5.74) is 1.37. The molecular formula is C24H29NO7. The lowest BCUT2D eigenvalue weighted by Gasteiger charge is -2.18. The van der Waals surface area contributed by atoms with Gasteiger partial charge in [-0.15, -0.1) is 0 Å². The molecule has 32 heavy (non-hydrogen) atoms. The molecule has 0 bridgehead atoms. The summed E-state index contributed by atoms with van der Waals surface area (Å²) in [6, 6.07) is 10.3. The molecule has 1 amide bonds. The van der Waals surface area contributed by atoms with Crippen molar-refractivity contribution in [3.8, 4) is 23.0 Å². The van der Waals surface area contributed by atoms with Gasteiger partial charge in [0, 0.05) is 25.5 Å². The van der Waals surface area contributed by atoms with Gasteiger partial charge in [0.1, 0.15) is 19.8 Å². The van der Waals surface area contributed by atoms with E-state index < -0.39 is 0 Å². The highest BCUT2D eigenvalue weighted by Gasteiger charge is 2.17. The molecule has 1 atom stereocenters. The number of hydrogen-bond acceptors (Lipinski definition) is 7. The molecule has 1 heterocycles. The first-order chi connectivity index (χ1) is 15.5. The van der Waals surface area contributed by atoms with Crippen LogP contribution in [0.4, 0.5) is 0 Å². The van der Waals surface area contributed by atoms with E-state index in [0.29, 0.717) is 55.0 Å². The van der Waals surface area contributed by atoms with Crippen LogP contribution in [0.15, 0.2) is 36.4 Å². The molecular weight excluding hydrogens is 414 g/mol. The summed E-state index contributed by atoms with van der Waals surface area (Å²) in [6.45, 7) is 3.71. The average Bonchev–Trinajstić information content (AvgIpc) is 2.82. The van der Waals surface area contributed by atoms with Gasteiger partial charge < -0.3 is 29.0 Å². The Kier molecular flexibility index (Phi) is 8.33. The zero-order chi connectivity index (χ0) is 22.9. The minimum Gasteiger partial charge on any atom is -0.493 e. The van der Waals surface area contributed by atoms with Gasteiger partial charge >= 0.3 is 0 Å². The van der Waals surface area contributed by atoms with Crippen LogP contribution in [0.5, 0.6) is 23.0 Å². The van der Waals surface area contributed by atoms with Crippen molar-refractivity contribution >= 4 is 11.7 Å². The van der Waals surface area contributed by atoms with E-state index in [1.54, 1.807) is 38.5 Å². The average molecular weight is 443 g/mol. The maximum absolute atomic E-state index is 12.5. The molecule has 1 N–H and O–H groups in total. The van der Waals surface area contributed by atoms with Gasteiger partial charge in [-0.25, -0.2) is 0 Å². The summed E-state index contributed by atoms with van der Waals surface area (Å²) in [7, 11) is 3.17. The number of benzene rings is 2. The van der Waals surface area contributed by atoms with Gasteiger partial charge in [0.05, 0.1) is 19.8 Å². The van der Waals surface area contributed by atoms with Crippen LogP contribution in [0.2, 0.25) is 0 Å². The Bertz CT molecular complexity index is 944. The highest BCUT2D eigenvalue weighted by molar-refractivity contribution is 5.98. The van der Waals surface area contributed by atoms with E-state index >= 15 is 0 Å². The van der Waals surface area contributed by atoms with Gasteiger partial charge in [0.25, 0.3) is 0 Å². The first-order valence-corrected chi connectivity index (χ1v) is 10.5. The van der Waals surface area contributed by atoms with Gasteiger partial charge in [-0.2, -0.15) is 0 Å². The number of ether oxygens (including phenoxy) is 5. The van der Waals surface area contributed by atoms with Gasteiger partial charge in [0.15, 0.2) is 28.8 Å². The molecule has 2 aromatic rings. The maximum Gasteiger partial charge on any atom is 0.220 e. The largest absolute Gasteiger partial charge is 0.493 e. The molecule has 0 radical (unpaired) electrons. The van der Waals surface area contributed by atoms with Crippen LogP contribution < -0.4 is 24.3 Å². The monoisotopic (exact) mass is 443 g/mol. The number of ketones is 1. The SMILES string of the molecule is COCCOc1ccc(C(C)NC(=O)CCC(=O)c2ccc3c(c2)OCCO3)cc1OC. The second-order valence-corrected chi connectivity index (χ2v) is 7.32. The van der Waals surface area contributed by atoms with Crippen LogP contribution in [0.3, 0.4) is 0 Å². The van der Waals surface area contributed by atoms with Crippen molar-refractivity contribution in [1.29, 1.82) is 0 Å². The van der Waals surface area contributed by atoms with E-state index in [0.717, 1.165) is 5.56 Å². The molecule has 1 aliphatic rings. The van der Waals surface area contributed by atoms with Crippen LogP contribution in [-0.2, 0) is 9.53 Å². The maximum atomic E-state index is 12.5. The van der Waals surface area contributed by atoms with Gasteiger partial charge in [-0.05, 0) is 42.8 Å². The molecule has 1 unspecified atom stereocenters. The normalized spacial score (nSPS) is 13.2. The van der Waals surface area contributed by atoms with E-state index in [1.165, 1.54) is 0 Å². The Morgan fingerprint density at radius 1 is 0.969 bits per heavy atom. The Morgan fingerprint density at radius 3 is 2.50 bits per heavy atom. The number of carbonyl (C=O) groups is 2. The zero-order valence-electron chi connectivity index (χ0n) is 18.6. The van der Waals surface area contributed by atoms with E-state index in [2.05, 4.69) is 5.32 Å². The Labute approximate surface area is 187 Å². The summed E-state index contributed by atoms with van der Waals surface area (Å²) in [5, 5.41) is 2.92. The summed E-state index contributed by atoms with van der Waals surface area (Å²) in [6.07, 6.45) is 0.195. The highest BCUT2D eigenvalue weighted by atomic mass is 16.6. The fraction of sp³-hybridized carbons (Fsp3) is 0.417. The predicted octanol–water partition coefficient (Wildman–Crippen LogP) is 3.33. The molecule has 172 valence electrons. The summed E-state index contributed by atoms with van der Waals surface area (Å²) in [4.78, 5) is 24.9. The lowest BCUT2D eigenvalue weighted by molar-refractivity contribution is -0.121. The Balaban J connectivity index is 1.52. The second-order valence-electron chi connectivity index (χ2n) is 7.32. The lowest BCUT2D eigenvalue weighted by atomic mass is 10.0. The molecule has 0 saturated carbocycles. The quantitative estimate of drug-likeness (QED) is 0.421. The van der Waals surface area contributed by atoms with E-state index in [1.807, 2.05) is 19.1 Å². The van der Waals surface area contributed by atoms with E-state index in [9.17, 15) is 9.59 Å². The molecule has 8 nitrogen and oxygen atoms in total. The van der Waals surface area contributed by atoms with Crippen molar-refractivity contribution in [1.82, 2.24) is 5.32 Å². The molecule has 2 aromatic carbocycles. The van der Waals surface area contributed by atoms with Crippen molar-refractivity contribution in [3.63, 3.8) is 0 Å². The third-order valence-electron chi connectivity index (χ3n) is 5.05. The Morgan fingerprint density at radius 2 is 1.75 bits per heavy atom. The van der Waals surface area contributed by atoms with Crippen LogP contribution >= 0.6 is 0 Å². The van der Waals surface area contributed by atoms with Gasteiger partial charge in [-0.1, -0.05) is 6.07 Å². The van der Waals surface area contributed by atoms with Crippen LogP contribution in [0, 0.1) is 0 Å². The molecule has 0 aliphatic carbocycles. The number of fused-ring (bicyclic) bond motifs is 1. The van der Waals surface area contributed by atoms with Crippen molar-refractivity contribution in [3.05, 3.63) is 47.5 Å². The molecule has 0 fully saturated rings. The summed E-state index contributed by atoms with van der Waals surface area (Å²) < 4.78 is 27.0. The second kappa shape index (κ2) is 11.4. The van der Waals surface area contributed by atoms with Crippen molar-refractivity contribution in [2.24, 2.45) is 0 Å². The zero-order valence-corrected chi connectivity index (χ0v) is 18.6. The van der Waals surface area contributed by atoms with Crippen molar-refractivity contribution < 1.29 is 33.3 Å². The summed E-state index contributed by atoms with van der Waals surface area (Å²) in [5.74, 6) is 2.05. The Hall–Kier alpha value is -3.26. The number of nitrogens with one attached hydrogen (secondary N) is 1. The number of amides is 1. The number of carbonyl (C=O) groups excluding carboxylic acids is 2. The van der Waals surface area contributed by atoms with E-state index in [-0.39, 0.29) is 30.6 Å². The standard InChI is InChI=1S/C24H29NO7/c1-16(17-4-7-20(22(14-17)29-3)30-11-10-28-2)25-24(27)9-6-19(26)18-5-8-21-23(15-18)32-13-12-31-21/h4-5,7-8,14-16H,6,9-13H2,1-3H3,(H,25,27). The molecule has 0 spiro atoms. The first kappa shape index (κ1) is 23.4. The van der Waals surface area contributed by atoms with Crippen molar-refractivity contribution in [2.45, 2.75) is 25.8 Å².